The summed E-state index contributed by atoms with van der Waals surface area (Å²) in [7, 11) is 0. The van der Waals surface area contributed by atoms with Crippen molar-refractivity contribution in [3.8, 4) is 40.6 Å². The molecule has 0 amide bonds. The molecule has 18 nitrogen and oxygen atoms in total. The molecule has 2 aliphatic rings. The van der Waals surface area contributed by atoms with Crippen molar-refractivity contribution in [2.45, 2.75) is 116 Å². The van der Waals surface area contributed by atoms with E-state index in [0.29, 0.717) is 111 Å². The first-order valence-electron chi connectivity index (χ1n) is 29.3. The number of ether oxygens (including phenoxy) is 6. The molecule has 0 spiro atoms. The first-order valence-corrected chi connectivity index (χ1v) is 30.1. The molecule has 0 bridgehead atoms. The van der Waals surface area contributed by atoms with Crippen molar-refractivity contribution in [1.29, 1.82) is 5.26 Å². The van der Waals surface area contributed by atoms with E-state index in [1.165, 1.54) is 17.4 Å². The highest BCUT2D eigenvalue weighted by Gasteiger charge is 2.30. The number of hydrogen-bond acceptors (Lipinski definition) is 19. The molecular formula is C65H78N4O14S. The molecule has 1 unspecified atom stereocenters. The number of thiazole rings is 1. The van der Waals surface area contributed by atoms with E-state index in [-0.39, 0.29) is 48.1 Å². The van der Waals surface area contributed by atoms with Crippen molar-refractivity contribution < 1.29 is 67.1 Å². The van der Waals surface area contributed by atoms with Crippen LogP contribution >= 0.6 is 11.3 Å². The molecule has 2 aliphatic carbocycles. The number of carbonyl (C=O) groups excluding carboxylic acids is 4. The lowest BCUT2D eigenvalue weighted by molar-refractivity contribution is -0.218. The number of nitrogens with zero attached hydrogens (tertiary/aromatic N) is 4. The van der Waals surface area contributed by atoms with Gasteiger partial charge in [-0.25, -0.2) is 19.6 Å². The molecule has 19 heteroatoms. The van der Waals surface area contributed by atoms with Gasteiger partial charge in [0.05, 0.1) is 74.0 Å². The van der Waals surface area contributed by atoms with Gasteiger partial charge in [0.2, 0.25) is 5.13 Å². The van der Waals surface area contributed by atoms with E-state index in [0.717, 1.165) is 99.1 Å². The van der Waals surface area contributed by atoms with Gasteiger partial charge in [0, 0.05) is 30.7 Å². The Balaban J connectivity index is 0.866. The van der Waals surface area contributed by atoms with Gasteiger partial charge in [-0.3, -0.25) is 9.59 Å². The molecule has 2 fully saturated rings. The number of anilines is 1. The molecule has 84 heavy (non-hydrogen) atoms. The molecule has 5 aromatic rings. The second-order valence-corrected chi connectivity index (χ2v) is 22.2. The number of fused-ring (bicyclic) bond motifs is 1. The maximum atomic E-state index is 13.7. The minimum absolute atomic E-state index is 0.0213. The smallest absolute Gasteiger partial charge is 0.330 e. The number of nitriles is 1. The molecule has 0 N–H and O–H groups in total. The molecule has 7 rings (SSSR count). The quantitative estimate of drug-likeness (QED) is 0.00693. The number of carbonyl (C=O) groups is 4. The first kappa shape index (κ1) is 63.8. The molecule has 448 valence electrons. The maximum absolute atomic E-state index is 13.7. The van der Waals surface area contributed by atoms with E-state index < -0.39 is 11.9 Å². The van der Waals surface area contributed by atoms with Crippen molar-refractivity contribution in [2.75, 3.05) is 51.2 Å². The van der Waals surface area contributed by atoms with Gasteiger partial charge < -0.3 is 38.2 Å². The third kappa shape index (κ3) is 22.1. The molecular weight excluding hydrogens is 1090 g/mol. The summed E-state index contributed by atoms with van der Waals surface area (Å²) < 4.78 is 34.5. The average Bonchev–Trinajstić information content (AvgIpc) is 4.16. The monoisotopic (exact) mass is 1170 g/mol. The summed E-state index contributed by atoms with van der Waals surface area (Å²) in [6.07, 6.45) is 17.0. The highest BCUT2D eigenvalue weighted by Crippen LogP contribution is 2.35. The van der Waals surface area contributed by atoms with Crippen LogP contribution < -0.4 is 33.7 Å². The molecule has 1 atom stereocenters. The molecule has 1 heterocycles. The van der Waals surface area contributed by atoms with Crippen molar-refractivity contribution in [3.05, 3.63) is 122 Å². The van der Waals surface area contributed by atoms with Crippen LogP contribution in [0.5, 0.6) is 34.5 Å². The average molecular weight is 1170 g/mol. The maximum Gasteiger partial charge on any atom is 0.330 e. The lowest BCUT2D eigenvalue weighted by Crippen LogP contribution is -2.27. The van der Waals surface area contributed by atoms with Crippen LogP contribution in [0.1, 0.15) is 122 Å². The zero-order valence-electron chi connectivity index (χ0n) is 48.1. The normalized spacial score (nSPS) is 17.0. The number of benzene rings is 4. The number of para-hydroxylation sites is 1. The topological polar surface area (TPSA) is 213 Å². The summed E-state index contributed by atoms with van der Waals surface area (Å²) in [6, 6.07) is 29.5. The Morgan fingerprint density at radius 2 is 1.14 bits per heavy atom. The summed E-state index contributed by atoms with van der Waals surface area (Å²) in [6.45, 7) is 11.8. The summed E-state index contributed by atoms with van der Waals surface area (Å²) in [5.74, 6) is 1.56. The van der Waals surface area contributed by atoms with Crippen LogP contribution in [0.15, 0.2) is 121 Å². The SMILES string of the molecule is C=CC(=O)OCCCCCCOc1ccc(OOCC2CCC(C(=O)Oc3ccc(OOCC4CCC(C(=O)Oc5ccc(OCCCCCCOC(=O)C=C)cc5)CC4)c(/C=N/N(CC(C)CC#N)c4nc5ccccc5s4)c3)CC2)cc1. The number of unbranched alkanes of at least 4 members (excludes halogenated alkanes) is 6. The number of hydrazone groups is 1. The van der Waals surface area contributed by atoms with Crippen LogP contribution in [0, 0.1) is 40.9 Å². The van der Waals surface area contributed by atoms with E-state index in [2.05, 4.69) is 19.2 Å². The third-order valence-electron chi connectivity index (χ3n) is 14.5. The Hall–Kier alpha value is -7.79. The van der Waals surface area contributed by atoms with Crippen molar-refractivity contribution in [3.63, 3.8) is 0 Å². The Morgan fingerprint density at radius 1 is 0.643 bits per heavy atom. The second kappa shape index (κ2) is 35.4. The van der Waals surface area contributed by atoms with Crippen LogP contribution in [0.2, 0.25) is 0 Å². The van der Waals surface area contributed by atoms with E-state index in [1.807, 2.05) is 43.3 Å². The number of rotatable bonds is 36. The summed E-state index contributed by atoms with van der Waals surface area (Å²) in [5.41, 5.74) is 1.34. The highest BCUT2D eigenvalue weighted by atomic mass is 32.1. The third-order valence-corrected chi connectivity index (χ3v) is 15.6. The van der Waals surface area contributed by atoms with Crippen LogP contribution in [-0.2, 0) is 38.4 Å². The number of hydrogen-bond donors (Lipinski definition) is 0. The minimum atomic E-state index is -0.404. The van der Waals surface area contributed by atoms with Gasteiger partial charge in [-0.1, -0.05) is 43.6 Å². The number of esters is 4. The summed E-state index contributed by atoms with van der Waals surface area (Å²) in [4.78, 5) is 77.2. The zero-order chi connectivity index (χ0) is 59.1. The predicted molar refractivity (Wildman–Crippen MR) is 319 cm³/mol. The Morgan fingerprint density at radius 3 is 1.69 bits per heavy atom. The Bertz CT molecular complexity index is 2890. The number of aromatic nitrogens is 1. The van der Waals surface area contributed by atoms with Crippen molar-refractivity contribution in [1.82, 2.24) is 4.98 Å². The van der Waals surface area contributed by atoms with Gasteiger partial charge in [0.25, 0.3) is 0 Å². The van der Waals surface area contributed by atoms with Gasteiger partial charge >= 0.3 is 23.9 Å². The molecule has 2 saturated carbocycles. The van der Waals surface area contributed by atoms with Gasteiger partial charge in [0.15, 0.2) is 11.5 Å². The fraction of sp³-hybridized carbons (Fsp3) is 0.462. The lowest BCUT2D eigenvalue weighted by atomic mass is 9.82. The van der Waals surface area contributed by atoms with Gasteiger partial charge in [-0.2, -0.15) is 20.1 Å². The second-order valence-electron chi connectivity index (χ2n) is 21.2. The van der Waals surface area contributed by atoms with E-state index in [9.17, 15) is 24.4 Å². The van der Waals surface area contributed by atoms with Crippen LogP contribution in [-0.4, -0.2) is 81.3 Å². The van der Waals surface area contributed by atoms with Gasteiger partial charge in [0.1, 0.15) is 23.0 Å². The predicted octanol–water partition coefficient (Wildman–Crippen LogP) is 13.5. The largest absolute Gasteiger partial charge is 0.494 e. The fourth-order valence-electron chi connectivity index (χ4n) is 9.63. The van der Waals surface area contributed by atoms with Gasteiger partial charge in [-0.15, -0.1) is 0 Å². The zero-order valence-corrected chi connectivity index (χ0v) is 48.9. The van der Waals surface area contributed by atoms with E-state index >= 15 is 0 Å². The molecule has 0 aliphatic heterocycles. The van der Waals surface area contributed by atoms with Crippen LogP contribution in [0.3, 0.4) is 0 Å². The molecule has 1 aromatic heterocycles. The lowest BCUT2D eigenvalue weighted by Gasteiger charge is -2.27. The first-order chi connectivity index (χ1) is 41.0. The summed E-state index contributed by atoms with van der Waals surface area (Å²) >= 11 is 1.50. The standard InChI is InChI=1S/C65H78N4O14S/c1-4-61(70)76-40-14-8-6-12-38-74-53-26-30-55(31-27-53)80-63(72)50-22-20-49(21-23-50)46-79-83-59-35-34-57(42-52(59)43-67-69(44-47(3)36-37-66)65-68-58-16-10-11-17-60(58)84-65)81-64(73)51-24-18-48(19-25-51)45-78-82-56-32-28-54(29-33-56)75-39-13-7-9-15-41-77-62(71)5-2/h4-5,10-11,16-17,26-35,42-43,47-51H,1-2,6-9,12-15,18-25,36,38-41,44-46H2,3H3/b67-43+. The summed E-state index contributed by atoms with van der Waals surface area (Å²) in [5, 5.41) is 16.9. The highest BCUT2D eigenvalue weighted by molar-refractivity contribution is 7.22. The van der Waals surface area contributed by atoms with E-state index in [1.54, 1.807) is 65.8 Å². The fourth-order valence-corrected chi connectivity index (χ4v) is 10.6. The minimum Gasteiger partial charge on any atom is -0.494 e. The molecule has 0 saturated heterocycles. The van der Waals surface area contributed by atoms with Crippen molar-refractivity contribution in [2.24, 2.45) is 34.7 Å². The van der Waals surface area contributed by atoms with Gasteiger partial charge in [-0.05, 0) is 199 Å². The molecule has 0 radical (unpaired) electrons. The van der Waals surface area contributed by atoms with E-state index in [4.69, 9.17) is 58.1 Å². The molecule has 4 aromatic carbocycles. The van der Waals surface area contributed by atoms with Crippen LogP contribution in [0.4, 0.5) is 5.13 Å². The Kier molecular flexibility index (Phi) is 26.9. The van der Waals surface area contributed by atoms with Crippen molar-refractivity contribution >= 4 is 56.8 Å². The Labute approximate surface area is 496 Å². The van der Waals surface area contributed by atoms with Crippen LogP contribution in [0.25, 0.3) is 10.2 Å².